The number of nitrogens with zero attached hydrogens (tertiary/aromatic N) is 1. The van der Waals surface area contributed by atoms with Crippen LogP contribution in [0.25, 0.3) is 0 Å². The second-order valence-corrected chi connectivity index (χ2v) is 7.49. The molecule has 0 aromatic heterocycles. The number of hydrogen-bond donors (Lipinski definition) is 2. The van der Waals surface area contributed by atoms with E-state index >= 15 is 0 Å². The van der Waals surface area contributed by atoms with Crippen LogP contribution in [0.4, 0.5) is 11.4 Å². The predicted octanol–water partition coefficient (Wildman–Crippen LogP) is 5.29. The lowest BCUT2D eigenvalue weighted by Crippen LogP contribution is -2.31. The third kappa shape index (κ3) is 5.73. The molecule has 1 aliphatic heterocycles. The molecule has 0 radical (unpaired) electrons. The average molecular weight is 396 g/mol. The SMILES string of the molecule is C=CCOc1ccc(NC(=S)N[C@H](C)c2ccc(N3CCCCC3)cc2)cc1. The first kappa shape index (κ1) is 20.2. The first-order valence-electron chi connectivity index (χ1n) is 9.92. The van der Waals surface area contributed by atoms with Crippen LogP contribution < -0.4 is 20.3 Å². The number of nitrogens with one attached hydrogen (secondary N) is 2. The number of hydrogen-bond acceptors (Lipinski definition) is 3. The van der Waals surface area contributed by atoms with Gasteiger partial charge in [-0.3, -0.25) is 0 Å². The maximum Gasteiger partial charge on any atom is 0.171 e. The number of ether oxygens (including phenoxy) is 1. The lowest BCUT2D eigenvalue weighted by Gasteiger charge is -2.29. The van der Waals surface area contributed by atoms with Gasteiger partial charge >= 0.3 is 0 Å². The summed E-state index contributed by atoms with van der Waals surface area (Å²) in [5, 5.41) is 7.18. The normalized spacial score (nSPS) is 14.8. The van der Waals surface area contributed by atoms with Crippen LogP contribution >= 0.6 is 12.2 Å². The monoisotopic (exact) mass is 395 g/mol. The van der Waals surface area contributed by atoms with Crippen molar-refractivity contribution in [2.24, 2.45) is 0 Å². The molecule has 0 saturated carbocycles. The van der Waals surface area contributed by atoms with Gasteiger partial charge in [0.25, 0.3) is 0 Å². The minimum absolute atomic E-state index is 0.130. The lowest BCUT2D eigenvalue weighted by molar-refractivity contribution is 0.363. The highest BCUT2D eigenvalue weighted by atomic mass is 32.1. The van der Waals surface area contributed by atoms with Crippen molar-refractivity contribution >= 4 is 28.7 Å². The maximum atomic E-state index is 5.49. The molecule has 0 amide bonds. The minimum atomic E-state index is 0.130. The van der Waals surface area contributed by atoms with Gasteiger partial charge in [-0.2, -0.15) is 0 Å². The van der Waals surface area contributed by atoms with Crippen molar-refractivity contribution in [3.8, 4) is 5.75 Å². The fourth-order valence-corrected chi connectivity index (χ4v) is 3.66. The van der Waals surface area contributed by atoms with E-state index < -0.39 is 0 Å². The molecule has 4 nitrogen and oxygen atoms in total. The highest BCUT2D eigenvalue weighted by Crippen LogP contribution is 2.22. The van der Waals surface area contributed by atoms with Crippen LogP contribution in [0.1, 0.15) is 37.8 Å². The fraction of sp³-hybridized carbons (Fsp3) is 0.348. The zero-order chi connectivity index (χ0) is 19.8. The Kier molecular flexibility index (Phi) is 7.31. The predicted molar refractivity (Wildman–Crippen MR) is 122 cm³/mol. The quantitative estimate of drug-likeness (QED) is 0.492. The third-order valence-corrected chi connectivity index (χ3v) is 5.16. The zero-order valence-corrected chi connectivity index (χ0v) is 17.3. The van der Waals surface area contributed by atoms with E-state index in [1.807, 2.05) is 24.3 Å². The Hall–Kier alpha value is -2.53. The molecule has 148 valence electrons. The summed E-state index contributed by atoms with van der Waals surface area (Å²) in [6.45, 7) is 8.60. The van der Waals surface area contributed by atoms with E-state index in [1.165, 1.54) is 43.6 Å². The molecule has 1 aliphatic rings. The Morgan fingerprint density at radius 1 is 1.11 bits per heavy atom. The molecular weight excluding hydrogens is 366 g/mol. The van der Waals surface area contributed by atoms with Crippen LogP contribution in [0, 0.1) is 0 Å². The van der Waals surface area contributed by atoms with E-state index in [0.717, 1.165) is 11.4 Å². The summed E-state index contributed by atoms with van der Waals surface area (Å²) in [4.78, 5) is 2.47. The Balaban J connectivity index is 1.51. The zero-order valence-electron chi connectivity index (χ0n) is 16.5. The van der Waals surface area contributed by atoms with Crippen LogP contribution in [-0.2, 0) is 0 Å². The van der Waals surface area contributed by atoms with Crippen LogP contribution in [0.2, 0.25) is 0 Å². The minimum Gasteiger partial charge on any atom is -0.490 e. The van der Waals surface area contributed by atoms with E-state index in [1.54, 1.807) is 6.08 Å². The van der Waals surface area contributed by atoms with E-state index in [4.69, 9.17) is 17.0 Å². The molecule has 2 aromatic carbocycles. The van der Waals surface area contributed by atoms with Crippen molar-refractivity contribution in [1.82, 2.24) is 5.32 Å². The first-order valence-corrected chi connectivity index (χ1v) is 10.3. The highest BCUT2D eigenvalue weighted by Gasteiger charge is 2.12. The van der Waals surface area contributed by atoms with Crippen molar-refractivity contribution in [1.29, 1.82) is 0 Å². The van der Waals surface area contributed by atoms with Gasteiger partial charge in [0.15, 0.2) is 5.11 Å². The smallest absolute Gasteiger partial charge is 0.171 e. The first-order chi connectivity index (χ1) is 13.7. The van der Waals surface area contributed by atoms with Gasteiger partial charge in [-0.05, 0) is 80.4 Å². The number of rotatable bonds is 7. The fourth-order valence-electron chi connectivity index (χ4n) is 3.36. The van der Waals surface area contributed by atoms with E-state index in [0.29, 0.717) is 11.7 Å². The second kappa shape index (κ2) is 10.1. The van der Waals surface area contributed by atoms with Crippen molar-refractivity contribution < 1.29 is 4.74 Å². The number of anilines is 2. The standard InChI is InChI=1S/C23H29N3OS/c1-3-17-27-22-13-9-20(10-14-22)25-23(28)24-18(2)19-7-11-21(12-8-19)26-15-5-4-6-16-26/h3,7-14,18H,1,4-6,15-17H2,2H3,(H2,24,25,28)/t18-/m1/s1. The summed E-state index contributed by atoms with van der Waals surface area (Å²) in [5.41, 5.74) is 3.46. The molecule has 2 N–H and O–H groups in total. The molecule has 1 heterocycles. The van der Waals surface area contributed by atoms with E-state index in [2.05, 4.69) is 53.3 Å². The molecule has 0 aliphatic carbocycles. The van der Waals surface area contributed by atoms with Gasteiger partial charge in [0.1, 0.15) is 12.4 Å². The lowest BCUT2D eigenvalue weighted by atomic mass is 10.1. The van der Waals surface area contributed by atoms with Crippen molar-refractivity contribution in [3.63, 3.8) is 0 Å². The van der Waals surface area contributed by atoms with Crippen molar-refractivity contribution in [3.05, 3.63) is 66.7 Å². The molecule has 1 saturated heterocycles. The summed E-state index contributed by atoms with van der Waals surface area (Å²) in [6.07, 6.45) is 5.66. The summed E-state index contributed by atoms with van der Waals surface area (Å²) < 4.78 is 5.49. The highest BCUT2D eigenvalue weighted by molar-refractivity contribution is 7.80. The number of thiocarbonyl (C=S) groups is 1. The largest absolute Gasteiger partial charge is 0.490 e. The summed E-state index contributed by atoms with van der Waals surface area (Å²) in [5.74, 6) is 0.812. The maximum absolute atomic E-state index is 5.49. The number of piperidine rings is 1. The van der Waals surface area contributed by atoms with Crippen LogP contribution in [0.15, 0.2) is 61.2 Å². The van der Waals surface area contributed by atoms with Gasteiger partial charge in [-0.15, -0.1) is 0 Å². The summed E-state index contributed by atoms with van der Waals surface area (Å²) in [6, 6.07) is 16.7. The average Bonchev–Trinajstić information content (AvgIpc) is 2.74. The van der Waals surface area contributed by atoms with Crippen LogP contribution in [0.3, 0.4) is 0 Å². The molecule has 0 unspecified atom stereocenters. The van der Waals surface area contributed by atoms with Gasteiger partial charge < -0.3 is 20.3 Å². The molecule has 1 fully saturated rings. The van der Waals surface area contributed by atoms with Gasteiger partial charge in [0, 0.05) is 24.5 Å². The molecule has 28 heavy (non-hydrogen) atoms. The Morgan fingerprint density at radius 3 is 2.43 bits per heavy atom. The van der Waals surface area contributed by atoms with E-state index in [9.17, 15) is 0 Å². The molecule has 0 spiro atoms. The van der Waals surface area contributed by atoms with Crippen molar-refractivity contribution in [2.75, 3.05) is 29.9 Å². The van der Waals surface area contributed by atoms with Gasteiger partial charge in [0.2, 0.25) is 0 Å². The molecule has 0 bridgehead atoms. The molecule has 1 atom stereocenters. The van der Waals surface area contributed by atoms with Gasteiger partial charge in [-0.25, -0.2) is 0 Å². The van der Waals surface area contributed by atoms with E-state index in [-0.39, 0.29) is 6.04 Å². The topological polar surface area (TPSA) is 36.5 Å². The van der Waals surface area contributed by atoms with Gasteiger partial charge in [0.05, 0.1) is 6.04 Å². The van der Waals surface area contributed by atoms with Crippen LogP contribution in [-0.4, -0.2) is 24.8 Å². The van der Waals surface area contributed by atoms with Crippen molar-refractivity contribution in [2.45, 2.75) is 32.2 Å². The molecule has 2 aromatic rings. The van der Waals surface area contributed by atoms with Crippen LogP contribution in [0.5, 0.6) is 5.75 Å². The molecule has 3 rings (SSSR count). The third-order valence-electron chi connectivity index (χ3n) is 4.94. The summed E-state index contributed by atoms with van der Waals surface area (Å²) >= 11 is 5.47. The molecular formula is C23H29N3OS. The summed E-state index contributed by atoms with van der Waals surface area (Å²) in [7, 11) is 0. The Morgan fingerprint density at radius 2 is 1.79 bits per heavy atom. The second-order valence-electron chi connectivity index (χ2n) is 7.08. The Labute approximate surface area is 173 Å². The molecule has 5 heteroatoms. The van der Waals surface area contributed by atoms with Gasteiger partial charge in [-0.1, -0.05) is 24.8 Å². The number of benzene rings is 2. The Bertz CT molecular complexity index is 767.